The normalized spacial score (nSPS) is 15.2. The first-order valence-corrected chi connectivity index (χ1v) is 5.27. The molecule has 1 aromatic rings. The maximum absolute atomic E-state index is 11.3. The van der Waals surface area contributed by atoms with Crippen LogP contribution in [-0.4, -0.2) is 12.4 Å². The van der Waals surface area contributed by atoms with Gasteiger partial charge in [-0.3, -0.25) is 9.63 Å². The number of carbonyl (C=O) groups excluding carboxylic acids is 1. The molecular formula is C12H15NO2. The number of hydrogen-bond acceptors (Lipinski definition) is 3. The van der Waals surface area contributed by atoms with Crippen LogP contribution in [0.4, 0.5) is 0 Å². The van der Waals surface area contributed by atoms with Gasteiger partial charge in [0.1, 0.15) is 6.61 Å². The first-order valence-electron chi connectivity index (χ1n) is 5.27. The highest BCUT2D eigenvalue weighted by molar-refractivity contribution is 5.84. The zero-order valence-corrected chi connectivity index (χ0v) is 8.61. The van der Waals surface area contributed by atoms with Crippen molar-refractivity contribution in [3.63, 3.8) is 0 Å². The summed E-state index contributed by atoms with van der Waals surface area (Å²) in [4.78, 5) is 16.4. The lowest BCUT2D eigenvalue weighted by Crippen LogP contribution is -2.20. The summed E-state index contributed by atoms with van der Waals surface area (Å²) in [6, 6.07) is 9.96. The lowest BCUT2D eigenvalue weighted by atomic mass is 10.2. The van der Waals surface area contributed by atoms with Crippen molar-refractivity contribution in [2.24, 2.45) is 5.92 Å². The van der Waals surface area contributed by atoms with E-state index in [9.17, 15) is 4.79 Å². The molecule has 15 heavy (non-hydrogen) atoms. The van der Waals surface area contributed by atoms with Crippen LogP contribution in [0.3, 0.4) is 0 Å². The van der Waals surface area contributed by atoms with Gasteiger partial charge in [0.15, 0.2) is 5.78 Å². The molecule has 3 heteroatoms. The highest BCUT2D eigenvalue weighted by Gasteiger charge is 2.29. The first kappa shape index (κ1) is 10.3. The molecule has 1 saturated carbocycles. The number of Topliss-reactive ketones (excluding diaryl/α,β-unsaturated/α-hetero) is 1. The number of rotatable bonds is 6. The van der Waals surface area contributed by atoms with E-state index in [-0.39, 0.29) is 18.3 Å². The summed E-state index contributed by atoms with van der Waals surface area (Å²) >= 11 is 0. The van der Waals surface area contributed by atoms with Gasteiger partial charge in [-0.15, -0.1) is 0 Å². The van der Waals surface area contributed by atoms with Gasteiger partial charge >= 0.3 is 0 Å². The predicted molar refractivity (Wildman–Crippen MR) is 57.0 cm³/mol. The largest absolute Gasteiger partial charge is 0.297 e. The van der Waals surface area contributed by atoms with Gasteiger partial charge in [0, 0.05) is 12.5 Å². The fourth-order valence-electron chi connectivity index (χ4n) is 1.38. The number of ketones is 1. The Hall–Kier alpha value is -1.19. The first-order chi connectivity index (χ1) is 7.36. The van der Waals surface area contributed by atoms with E-state index >= 15 is 0 Å². The molecule has 3 nitrogen and oxygen atoms in total. The summed E-state index contributed by atoms with van der Waals surface area (Å²) in [7, 11) is 0. The van der Waals surface area contributed by atoms with Crippen LogP contribution < -0.4 is 5.48 Å². The molecule has 1 N–H and O–H groups in total. The zero-order valence-electron chi connectivity index (χ0n) is 8.61. The smallest absolute Gasteiger partial charge is 0.163 e. The van der Waals surface area contributed by atoms with Crippen LogP contribution in [0.25, 0.3) is 0 Å². The minimum Gasteiger partial charge on any atom is -0.297 e. The van der Waals surface area contributed by atoms with Crippen LogP contribution in [0.15, 0.2) is 30.3 Å². The van der Waals surface area contributed by atoms with Gasteiger partial charge < -0.3 is 0 Å². The summed E-state index contributed by atoms with van der Waals surface area (Å²) < 4.78 is 0. The minimum atomic E-state index is 0.192. The second kappa shape index (κ2) is 5.05. The third-order valence-electron chi connectivity index (χ3n) is 2.47. The highest BCUT2D eigenvalue weighted by Crippen LogP contribution is 2.29. The summed E-state index contributed by atoms with van der Waals surface area (Å²) in [5, 5.41) is 0. The van der Waals surface area contributed by atoms with E-state index < -0.39 is 0 Å². The molecule has 0 unspecified atom stereocenters. The summed E-state index contributed by atoms with van der Waals surface area (Å²) in [5.74, 6) is 0.499. The zero-order chi connectivity index (χ0) is 10.5. The van der Waals surface area contributed by atoms with E-state index in [0.717, 1.165) is 18.4 Å². The maximum Gasteiger partial charge on any atom is 0.163 e. The molecule has 1 aliphatic carbocycles. The van der Waals surface area contributed by atoms with Crippen molar-refractivity contribution in [2.45, 2.75) is 19.4 Å². The highest BCUT2D eigenvalue weighted by atomic mass is 16.6. The third-order valence-corrected chi connectivity index (χ3v) is 2.47. The monoisotopic (exact) mass is 205 g/mol. The van der Waals surface area contributed by atoms with Crippen LogP contribution in [0.2, 0.25) is 0 Å². The standard InChI is InChI=1S/C12H15NO2/c14-12(11-6-7-11)9-15-13-8-10-4-2-1-3-5-10/h1-5,11,13H,6-9H2. The molecule has 0 aliphatic heterocycles. The SMILES string of the molecule is O=C(CONCc1ccccc1)C1CC1. The molecule has 0 atom stereocenters. The molecular weight excluding hydrogens is 190 g/mol. The number of nitrogens with one attached hydrogen (secondary N) is 1. The van der Waals surface area contributed by atoms with E-state index in [0.29, 0.717) is 6.54 Å². The molecule has 0 radical (unpaired) electrons. The van der Waals surface area contributed by atoms with Gasteiger partial charge in [0.25, 0.3) is 0 Å². The quantitative estimate of drug-likeness (QED) is 0.567. The van der Waals surface area contributed by atoms with Crippen molar-refractivity contribution in [2.75, 3.05) is 6.61 Å². The van der Waals surface area contributed by atoms with Gasteiger partial charge in [-0.05, 0) is 18.4 Å². The fourth-order valence-corrected chi connectivity index (χ4v) is 1.38. The Morgan fingerprint density at radius 1 is 1.33 bits per heavy atom. The Balaban J connectivity index is 1.60. The molecule has 80 valence electrons. The van der Waals surface area contributed by atoms with Crippen molar-refractivity contribution >= 4 is 5.78 Å². The molecule has 1 fully saturated rings. The Labute approximate surface area is 89.4 Å². The molecule has 0 spiro atoms. The fraction of sp³-hybridized carbons (Fsp3) is 0.417. The molecule has 2 rings (SSSR count). The molecule has 0 bridgehead atoms. The summed E-state index contributed by atoms with van der Waals surface area (Å²) in [5.41, 5.74) is 3.94. The lowest BCUT2D eigenvalue weighted by Gasteiger charge is -2.04. The molecule has 0 saturated heterocycles. The van der Waals surface area contributed by atoms with Gasteiger partial charge in [0.05, 0.1) is 0 Å². The number of hydroxylamine groups is 1. The van der Waals surface area contributed by atoms with Gasteiger partial charge in [-0.2, -0.15) is 5.48 Å². The van der Waals surface area contributed by atoms with Crippen LogP contribution in [0.5, 0.6) is 0 Å². The number of carbonyl (C=O) groups is 1. The van der Waals surface area contributed by atoms with Crippen molar-refractivity contribution < 1.29 is 9.63 Å². The average molecular weight is 205 g/mol. The molecule has 1 aromatic carbocycles. The van der Waals surface area contributed by atoms with Crippen molar-refractivity contribution in [3.05, 3.63) is 35.9 Å². The van der Waals surface area contributed by atoms with Gasteiger partial charge in [0.2, 0.25) is 0 Å². The second-order valence-electron chi connectivity index (χ2n) is 3.84. The summed E-state index contributed by atoms with van der Waals surface area (Å²) in [6.45, 7) is 0.830. The van der Waals surface area contributed by atoms with E-state index in [1.165, 1.54) is 0 Å². The third kappa shape index (κ3) is 3.46. The van der Waals surface area contributed by atoms with Crippen LogP contribution >= 0.6 is 0 Å². The van der Waals surface area contributed by atoms with E-state index in [1.54, 1.807) is 0 Å². The van der Waals surface area contributed by atoms with Crippen LogP contribution in [0, 0.1) is 5.92 Å². The van der Waals surface area contributed by atoms with Gasteiger partial charge in [-0.25, -0.2) is 0 Å². The molecule has 0 heterocycles. The van der Waals surface area contributed by atoms with E-state index in [1.807, 2.05) is 30.3 Å². The molecule has 0 aromatic heterocycles. The van der Waals surface area contributed by atoms with Gasteiger partial charge in [-0.1, -0.05) is 30.3 Å². The number of hydrogen-bond donors (Lipinski definition) is 1. The van der Waals surface area contributed by atoms with E-state index in [2.05, 4.69) is 5.48 Å². The van der Waals surface area contributed by atoms with Crippen molar-refractivity contribution in [3.8, 4) is 0 Å². The van der Waals surface area contributed by atoms with E-state index in [4.69, 9.17) is 4.84 Å². The molecule has 1 aliphatic rings. The topological polar surface area (TPSA) is 38.3 Å². The predicted octanol–water partition coefficient (Wildman–Crippen LogP) is 1.69. The van der Waals surface area contributed by atoms with Crippen LogP contribution in [-0.2, 0) is 16.2 Å². The number of benzene rings is 1. The second-order valence-corrected chi connectivity index (χ2v) is 3.84. The van der Waals surface area contributed by atoms with Crippen molar-refractivity contribution in [1.82, 2.24) is 5.48 Å². The summed E-state index contributed by atoms with van der Waals surface area (Å²) in [6.07, 6.45) is 2.09. The average Bonchev–Trinajstić information content (AvgIpc) is 3.09. The maximum atomic E-state index is 11.3. The van der Waals surface area contributed by atoms with Crippen LogP contribution in [0.1, 0.15) is 18.4 Å². The Morgan fingerprint density at radius 3 is 2.73 bits per heavy atom. The Kier molecular flexibility index (Phi) is 3.48. The molecule has 0 amide bonds. The Bertz CT molecular complexity index is 320. The Morgan fingerprint density at radius 2 is 2.07 bits per heavy atom. The van der Waals surface area contributed by atoms with Crippen molar-refractivity contribution in [1.29, 1.82) is 0 Å². The minimum absolute atomic E-state index is 0.192. The lowest BCUT2D eigenvalue weighted by molar-refractivity contribution is -0.127.